The minimum Gasteiger partial charge on any atom is -0.484 e. The van der Waals surface area contributed by atoms with E-state index in [1.807, 2.05) is 0 Å². The fourth-order valence-electron chi connectivity index (χ4n) is 2.79. The summed E-state index contributed by atoms with van der Waals surface area (Å²) in [4.78, 5) is 25.7. The number of ether oxygens (including phenoxy) is 2. The van der Waals surface area contributed by atoms with Gasteiger partial charge in [-0.3, -0.25) is 4.79 Å². The molecule has 26 heavy (non-hydrogen) atoms. The maximum Gasteiger partial charge on any atom is 0.341 e. The molecule has 1 aromatic heterocycles. The monoisotopic (exact) mass is 413 g/mol. The van der Waals surface area contributed by atoms with Gasteiger partial charge in [0, 0.05) is 10.9 Å². The maximum atomic E-state index is 12.3. The summed E-state index contributed by atoms with van der Waals surface area (Å²) in [5.41, 5.74) is 1.47. The maximum absolute atomic E-state index is 12.3. The van der Waals surface area contributed by atoms with Crippen LogP contribution in [0.15, 0.2) is 18.2 Å². The average molecular weight is 414 g/mol. The van der Waals surface area contributed by atoms with Crippen LogP contribution in [0.3, 0.4) is 0 Å². The Hall–Kier alpha value is -1.76. The number of aryl methyl sites for hydroxylation is 1. The van der Waals surface area contributed by atoms with Gasteiger partial charge in [0.25, 0.3) is 5.91 Å². The van der Waals surface area contributed by atoms with Crippen LogP contribution in [-0.2, 0) is 22.4 Å². The minimum atomic E-state index is -0.396. The van der Waals surface area contributed by atoms with E-state index in [1.54, 1.807) is 25.1 Å². The Morgan fingerprint density at radius 2 is 2.04 bits per heavy atom. The Morgan fingerprint density at radius 1 is 1.23 bits per heavy atom. The Labute approximate surface area is 165 Å². The molecular formula is C18H17Cl2NO4S. The number of anilines is 1. The summed E-state index contributed by atoms with van der Waals surface area (Å²) in [5.74, 6) is -0.317. The van der Waals surface area contributed by atoms with Crippen LogP contribution < -0.4 is 10.1 Å². The fourth-order valence-corrected chi connectivity index (χ4v) is 4.37. The van der Waals surface area contributed by atoms with Crippen LogP contribution in [0.25, 0.3) is 0 Å². The summed E-state index contributed by atoms with van der Waals surface area (Å²) < 4.78 is 10.6. The molecule has 1 aliphatic rings. The van der Waals surface area contributed by atoms with Gasteiger partial charge in [-0.15, -0.1) is 11.3 Å². The molecule has 1 amide bonds. The van der Waals surface area contributed by atoms with Gasteiger partial charge in [-0.1, -0.05) is 23.2 Å². The molecule has 1 N–H and O–H groups in total. The van der Waals surface area contributed by atoms with Crippen molar-refractivity contribution in [2.75, 3.05) is 18.5 Å². The van der Waals surface area contributed by atoms with Crippen molar-refractivity contribution in [1.29, 1.82) is 0 Å². The Kier molecular flexibility index (Phi) is 6.06. The van der Waals surface area contributed by atoms with Gasteiger partial charge in [0.05, 0.1) is 22.2 Å². The van der Waals surface area contributed by atoms with E-state index in [2.05, 4.69) is 5.32 Å². The number of benzene rings is 1. The van der Waals surface area contributed by atoms with Crippen LogP contribution in [0.4, 0.5) is 5.00 Å². The summed E-state index contributed by atoms with van der Waals surface area (Å²) in [6, 6.07) is 4.77. The number of thiophene rings is 1. The normalized spacial score (nSPS) is 12.6. The second-order valence-electron chi connectivity index (χ2n) is 5.69. The first kappa shape index (κ1) is 19.0. The van der Waals surface area contributed by atoms with Gasteiger partial charge in [-0.25, -0.2) is 4.79 Å². The van der Waals surface area contributed by atoms with Crippen molar-refractivity contribution in [1.82, 2.24) is 0 Å². The molecular weight excluding hydrogens is 397 g/mol. The number of amides is 1. The van der Waals surface area contributed by atoms with Crippen LogP contribution in [0.1, 0.15) is 34.1 Å². The summed E-state index contributed by atoms with van der Waals surface area (Å²) in [6.07, 6.45) is 2.76. The van der Waals surface area contributed by atoms with Crippen LogP contribution in [-0.4, -0.2) is 25.1 Å². The largest absolute Gasteiger partial charge is 0.484 e. The first-order valence-corrected chi connectivity index (χ1v) is 9.76. The van der Waals surface area contributed by atoms with Crippen molar-refractivity contribution in [3.8, 4) is 5.75 Å². The van der Waals surface area contributed by atoms with Gasteiger partial charge in [0.15, 0.2) is 6.61 Å². The number of nitrogens with one attached hydrogen (secondary N) is 1. The quantitative estimate of drug-likeness (QED) is 0.694. The van der Waals surface area contributed by atoms with Crippen LogP contribution in [0.2, 0.25) is 10.0 Å². The topological polar surface area (TPSA) is 64.6 Å². The number of rotatable bonds is 6. The Morgan fingerprint density at radius 3 is 2.77 bits per heavy atom. The predicted molar refractivity (Wildman–Crippen MR) is 103 cm³/mol. The van der Waals surface area contributed by atoms with E-state index in [0.717, 1.165) is 29.7 Å². The van der Waals surface area contributed by atoms with Gasteiger partial charge in [0.2, 0.25) is 0 Å². The summed E-state index contributed by atoms with van der Waals surface area (Å²) >= 11 is 13.2. The first-order chi connectivity index (χ1) is 12.5. The van der Waals surface area contributed by atoms with Gasteiger partial charge < -0.3 is 14.8 Å². The number of esters is 1. The van der Waals surface area contributed by atoms with Crippen LogP contribution >= 0.6 is 34.5 Å². The molecule has 0 atom stereocenters. The third-order valence-electron chi connectivity index (χ3n) is 3.91. The molecule has 0 saturated carbocycles. The Bertz CT molecular complexity index is 850. The standard InChI is InChI=1S/C18H17Cl2NO4S/c1-2-24-18(23)16-11-4-3-5-14(11)26-17(16)21-15(22)9-25-10-6-7-12(19)13(20)8-10/h6-8H,2-5,9H2,1H3,(H,21,22). The van der Waals surface area contributed by atoms with E-state index in [0.29, 0.717) is 26.4 Å². The first-order valence-electron chi connectivity index (χ1n) is 8.19. The van der Waals surface area contributed by atoms with Crippen molar-refractivity contribution < 1.29 is 19.1 Å². The van der Waals surface area contributed by atoms with E-state index in [1.165, 1.54) is 11.3 Å². The fraction of sp³-hybridized carbons (Fsp3) is 0.333. The van der Waals surface area contributed by atoms with Crippen molar-refractivity contribution in [3.63, 3.8) is 0 Å². The minimum absolute atomic E-state index is 0.206. The zero-order valence-corrected chi connectivity index (χ0v) is 16.4. The van der Waals surface area contributed by atoms with Gasteiger partial charge in [-0.2, -0.15) is 0 Å². The average Bonchev–Trinajstić information content (AvgIpc) is 3.16. The molecule has 0 unspecified atom stereocenters. The molecule has 0 bridgehead atoms. The predicted octanol–water partition coefficient (Wildman–Crippen LogP) is 4.74. The lowest BCUT2D eigenvalue weighted by Crippen LogP contribution is -2.21. The molecule has 3 rings (SSSR count). The van der Waals surface area contributed by atoms with Crippen molar-refractivity contribution in [2.24, 2.45) is 0 Å². The highest BCUT2D eigenvalue weighted by Crippen LogP contribution is 2.39. The zero-order chi connectivity index (χ0) is 18.7. The number of carbonyl (C=O) groups is 2. The number of carbonyl (C=O) groups excluding carboxylic acids is 2. The Balaban J connectivity index is 1.69. The highest BCUT2D eigenvalue weighted by molar-refractivity contribution is 7.17. The third-order valence-corrected chi connectivity index (χ3v) is 5.86. The molecule has 8 heteroatoms. The molecule has 1 aromatic carbocycles. The zero-order valence-electron chi connectivity index (χ0n) is 14.1. The van der Waals surface area contributed by atoms with Crippen LogP contribution in [0, 0.1) is 0 Å². The van der Waals surface area contributed by atoms with Crippen molar-refractivity contribution >= 4 is 51.4 Å². The van der Waals surface area contributed by atoms with Gasteiger partial charge in [-0.05, 0) is 43.9 Å². The molecule has 0 aliphatic heterocycles. The van der Waals surface area contributed by atoms with E-state index < -0.39 is 5.97 Å². The molecule has 2 aromatic rings. The van der Waals surface area contributed by atoms with Crippen molar-refractivity contribution in [2.45, 2.75) is 26.2 Å². The molecule has 138 valence electrons. The number of hydrogen-bond acceptors (Lipinski definition) is 5. The molecule has 1 heterocycles. The van der Waals surface area contributed by atoms with Gasteiger partial charge in [0.1, 0.15) is 10.8 Å². The SMILES string of the molecule is CCOC(=O)c1c(NC(=O)COc2ccc(Cl)c(Cl)c2)sc2c1CCC2. The lowest BCUT2D eigenvalue weighted by atomic mass is 10.1. The van der Waals surface area contributed by atoms with Gasteiger partial charge >= 0.3 is 5.97 Å². The molecule has 0 radical (unpaired) electrons. The lowest BCUT2D eigenvalue weighted by Gasteiger charge is -2.09. The molecule has 0 fully saturated rings. The van der Waals surface area contributed by atoms with E-state index in [9.17, 15) is 9.59 Å². The highest BCUT2D eigenvalue weighted by Gasteiger charge is 2.28. The summed E-state index contributed by atoms with van der Waals surface area (Å²) in [6.45, 7) is 1.84. The molecule has 0 saturated heterocycles. The third kappa shape index (κ3) is 4.14. The van der Waals surface area contributed by atoms with E-state index in [-0.39, 0.29) is 19.1 Å². The van der Waals surface area contributed by atoms with Crippen molar-refractivity contribution in [3.05, 3.63) is 44.2 Å². The summed E-state index contributed by atoms with van der Waals surface area (Å²) in [7, 11) is 0. The van der Waals surface area contributed by atoms with Crippen LogP contribution in [0.5, 0.6) is 5.75 Å². The summed E-state index contributed by atoms with van der Waals surface area (Å²) in [5, 5.41) is 4.06. The smallest absolute Gasteiger partial charge is 0.341 e. The lowest BCUT2D eigenvalue weighted by molar-refractivity contribution is -0.118. The second-order valence-corrected chi connectivity index (χ2v) is 7.61. The number of hydrogen-bond donors (Lipinski definition) is 1. The molecule has 1 aliphatic carbocycles. The highest BCUT2D eigenvalue weighted by atomic mass is 35.5. The van der Waals surface area contributed by atoms with E-state index in [4.69, 9.17) is 32.7 Å². The second kappa shape index (κ2) is 8.29. The molecule has 5 nitrogen and oxygen atoms in total. The van der Waals surface area contributed by atoms with E-state index >= 15 is 0 Å². The number of halogens is 2. The molecule has 0 spiro atoms. The number of fused-ring (bicyclic) bond motifs is 1.